The Morgan fingerprint density at radius 2 is 2.00 bits per heavy atom. The summed E-state index contributed by atoms with van der Waals surface area (Å²) >= 11 is 0. The molecule has 1 aliphatic rings. The first kappa shape index (κ1) is 9.96. The van der Waals surface area contributed by atoms with Gasteiger partial charge in [0.2, 0.25) is 5.90 Å². The van der Waals surface area contributed by atoms with Crippen molar-refractivity contribution in [3.05, 3.63) is 30.1 Å². The average Bonchev–Trinajstić information content (AvgIpc) is 2.16. The third kappa shape index (κ3) is 2.26. The molecular formula is C11H15N3O. The molecule has 0 saturated carbocycles. The van der Waals surface area contributed by atoms with E-state index in [1.165, 1.54) is 0 Å². The fourth-order valence-corrected chi connectivity index (χ4v) is 1.67. The molecule has 0 spiro atoms. The van der Waals surface area contributed by atoms with Crippen molar-refractivity contribution < 1.29 is 4.74 Å². The van der Waals surface area contributed by atoms with Crippen LogP contribution in [0.3, 0.4) is 0 Å². The monoisotopic (exact) mass is 205 g/mol. The molecule has 15 heavy (non-hydrogen) atoms. The zero-order valence-electron chi connectivity index (χ0n) is 9.27. The highest BCUT2D eigenvalue weighted by molar-refractivity contribution is 5.94. The van der Waals surface area contributed by atoms with Crippen LogP contribution in [0.5, 0.6) is 0 Å². The predicted molar refractivity (Wildman–Crippen MR) is 58.6 cm³/mol. The second-order valence-electron chi connectivity index (χ2n) is 4.32. The largest absolute Gasteiger partial charge is 0.468 e. The zero-order valence-corrected chi connectivity index (χ0v) is 9.27. The van der Waals surface area contributed by atoms with Gasteiger partial charge >= 0.3 is 0 Å². The molecule has 0 saturated heterocycles. The van der Waals surface area contributed by atoms with Gasteiger partial charge in [0.25, 0.3) is 0 Å². The highest BCUT2D eigenvalue weighted by atomic mass is 16.5. The SMILES string of the molecule is CN1CC(C)(C)OC(c2ccncc2)=N1. The minimum absolute atomic E-state index is 0.199. The van der Waals surface area contributed by atoms with Gasteiger partial charge in [0.15, 0.2) is 0 Å². The normalized spacial score (nSPS) is 19.4. The van der Waals surface area contributed by atoms with Crippen LogP contribution in [-0.2, 0) is 4.74 Å². The van der Waals surface area contributed by atoms with Crippen molar-refractivity contribution in [2.24, 2.45) is 5.10 Å². The van der Waals surface area contributed by atoms with E-state index in [1.54, 1.807) is 12.4 Å². The summed E-state index contributed by atoms with van der Waals surface area (Å²) in [6.07, 6.45) is 3.48. The van der Waals surface area contributed by atoms with Gasteiger partial charge in [0.1, 0.15) is 5.60 Å². The molecule has 80 valence electrons. The van der Waals surface area contributed by atoms with Crippen LogP contribution in [0.15, 0.2) is 29.6 Å². The molecule has 0 fully saturated rings. The van der Waals surface area contributed by atoms with Crippen LogP contribution in [0.2, 0.25) is 0 Å². The Labute approximate surface area is 89.6 Å². The molecular weight excluding hydrogens is 190 g/mol. The van der Waals surface area contributed by atoms with Crippen molar-refractivity contribution in [1.82, 2.24) is 9.99 Å². The maximum absolute atomic E-state index is 5.81. The topological polar surface area (TPSA) is 37.7 Å². The van der Waals surface area contributed by atoms with Gasteiger partial charge in [-0.15, -0.1) is 5.10 Å². The quantitative estimate of drug-likeness (QED) is 0.697. The van der Waals surface area contributed by atoms with E-state index < -0.39 is 0 Å². The van der Waals surface area contributed by atoms with E-state index in [2.05, 4.69) is 23.9 Å². The summed E-state index contributed by atoms with van der Waals surface area (Å²) in [4.78, 5) is 3.97. The van der Waals surface area contributed by atoms with Gasteiger partial charge < -0.3 is 4.74 Å². The Morgan fingerprint density at radius 3 is 2.60 bits per heavy atom. The number of aromatic nitrogens is 1. The van der Waals surface area contributed by atoms with Crippen LogP contribution in [0.25, 0.3) is 0 Å². The van der Waals surface area contributed by atoms with Crippen LogP contribution >= 0.6 is 0 Å². The number of nitrogens with zero attached hydrogens (tertiary/aromatic N) is 3. The van der Waals surface area contributed by atoms with Crippen molar-refractivity contribution in [2.75, 3.05) is 13.6 Å². The fourth-order valence-electron chi connectivity index (χ4n) is 1.67. The van der Waals surface area contributed by atoms with Gasteiger partial charge in [0, 0.05) is 25.0 Å². The first-order valence-corrected chi connectivity index (χ1v) is 4.96. The number of hydrogen-bond donors (Lipinski definition) is 0. The number of rotatable bonds is 1. The van der Waals surface area contributed by atoms with E-state index >= 15 is 0 Å². The molecule has 2 heterocycles. The molecule has 1 aromatic heterocycles. The third-order valence-electron chi connectivity index (χ3n) is 2.17. The number of ether oxygens (including phenoxy) is 1. The van der Waals surface area contributed by atoms with Gasteiger partial charge in [-0.25, -0.2) is 0 Å². The predicted octanol–water partition coefficient (Wildman–Crippen LogP) is 1.48. The Balaban J connectivity index is 2.30. The second-order valence-corrected chi connectivity index (χ2v) is 4.32. The Bertz CT molecular complexity index is 373. The molecule has 0 bridgehead atoms. The summed E-state index contributed by atoms with van der Waals surface area (Å²) in [7, 11) is 1.95. The lowest BCUT2D eigenvalue weighted by molar-refractivity contribution is 0.0323. The lowest BCUT2D eigenvalue weighted by atomic mass is 10.1. The van der Waals surface area contributed by atoms with Gasteiger partial charge in [-0.2, -0.15) is 0 Å². The molecule has 0 amide bonds. The van der Waals surface area contributed by atoms with Gasteiger partial charge in [-0.3, -0.25) is 9.99 Å². The first-order chi connectivity index (χ1) is 7.07. The van der Waals surface area contributed by atoms with Crippen molar-refractivity contribution >= 4 is 5.90 Å². The Kier molecular flexibility index (Phi) is 2.34. The van der Waals surface area contributed by atoms with E-state index in [4.69, 9.17) is 4.74 Å². The lowest BCUT2D eigenvalue weighted by Gasteiger charge is -2.35. The van der Waals surface area contributed by atoms with Gasteiger partial charge in [-0.05, 0) is 26.0 Å². The highest BCUT2D eigenvalue weighted by Crippen LogP contribution is 2.19. The van der Waals surface area contributed by atoms with E-state index in [1.807, 2.05) is 24.2 Å². The minimum atomic E-state index is -0.199. The van der Waals surface area contributed by atoms with Crippen LogP contribution in [-0.4, -0.2) is 35.1 Å². The van der Waals surface area contributed by atoms with E-state index in [9.17, 15) is 0 Å². The van der Waals surface area contributed by atoms with Crippen molar-refractivity contribution in [3.63, 3.8) is 0 Å². The fraction of sp³-hybridized carbons (Fsp3) is 0.455. The molecule has 1 aliphatic heterocycles. The number of hydrazone groups is 1. The summed E-state index contributed by atoms with van der Waals surface area (Å²) in [5.74, 6) is 0.663. The Morgan fingerprint density at radius 1 is 1.33 bits per heavy atom. The van der Waals surface area contributed by atoms with Crippen molar-refractivity contribution in [3.8, 4) is 0 Å². The maximum atomic E-state index is 5.81. The molecule has 0 N–H and O–H groups in total. The number of likely N-dealkylation sites (N-methyl/N-ethyl adjacent to an activating group) is 1. The molecule has 0 aliphatic carbocycles. The standard InChI is InChI=1S/C11H15N3O/c1-11(2)8-14(3)13-10(15-11)9-4-6-12-7-5-9/h4-7H,8H2,1-3H3. The Hall–Kier alpha value is -1.58. The molecule has 1 aromatic rings. The molecule has 0 unspecified atom stereocenters. The second kappa shape index (κ2) is 3.53. The van der Waals surface area contributed by atoms with Crippen LogP contribution in [0.1, 0.15) is 19.4 Å². The van der Waals surface area contributed by atoms with Crippen molar-refractivity contribution in [2.45, 2.75) is 19.4 Å². The molecule has 4 nitrogen and oxygen atoms in total. The molecule has 0 radical (unpaired) electrons. The smallest absolute Gasteiger partial charge is 0.238 e. The van der Waals surface area contributed by atoms with Crippen LogP contribution < -0.4 is 0 Å². The highest BCUT2D eigenvalue weighted by Gasteiger charge is 2.28. The summed E-state index contributed by atoms with van der Waals surface area (Å²) in [5, 5.41) is 6.25. The zero-order chi connectivity index (χ0) is 10.9. The number of pyridine rings is 1. The molecule has 2 rings (SSSR count). The lowest BCUT2D eigenvalue weighted by Crippen LogP contribution is -2.43. The number of hydrogen-bond acceptors (Lipinski definition) is 4. The maximum Gasteiger partial charge on any atom is 0.238 e. The third-order valence-corrected chi connectivity index (χ3v) is 2.17. The molecule has 4 heteroatoms. The van der Waals surface area contributed by atoms with Crippen molar-refractivity contribution in [1.29, 1.82) is 0 Å². The van der Waals surface area contributed by atoms with E-state index in [0.717, 1.165) is 12.1 Å². The van der Waals surface area contributed by atoms with Gasteiger partial charge in [-0.1, -0.05) is 0 Å². The summed E-state index contributed by atoms with van der Waals surface area (Å²) in [5.41, 5.74) is 0.763. The van der Waals surface area contributed by atoms with Crippen LogP contribution in [0.4, 0.5) is 0 Å². The summed E-state index contributed by atoms with van der Waals surface area (Å²) in [6.45, 7) is 4.90. The van der Waals surface area contributed by atoms with E-state index in [-0.39, 0.29) is 5.60 Å². The average molecular weight is 205 g/mol. The molecule has 0 atom stereocenters. The van der Waals surface area contributed by atoms with Gasteiger partial charge in [0.05, 0.1) is 6.54 Å². The van der Waals surface area contributed by atoms with Crippen LogP contribution in [0, 0.1) is 0 Å². The first-order valence-electron chi connectivity index (χ1n) is 4.96. The summed E-state index contributed by atoms with van der Waals surface area (Å²) in [6, 6.07) is 3.79. The van der Waals surface area contributed by atoms with E-state index in [0.29, 0.717) is 5.90 Å². The minimum Gasteiger partial charge on any atom is -0.468 e. The molecule has 0 aromatic carbocycles. The summed E-state index contributed by atoms with van der Waals surface area (Å²) < 4.78 is 5.81.